The van der Waals surface area contributed by atoms with E-state index < -0.39 is 0 Å². The molecule has 1 amide bonds. The smallest absolute Gasteiger partial charge is 0.249 e. The van der Waals surface area contributed by atoms with Gasteiger partial charge in [0.2, 0.25) is 5.91 Å². The maximum atomic E-state index is 11.4. The summed E-state index contributed by atoms with van der Waals surface area (Å²) in [6, 6.07) is 9.69. The van der Waals surface area contributed by atoms with Gasteiger partial charge in [0.15, 0.2) is 0 Å². The lowest BCUT2D eigenvalue weighted by atomic mass is 10.1. The number of aliphatic imine (C=N–C) groups is 1. The Labute approximate surface area is 91.0 Å². The van der Waals surface area contributed by atoms with Crippen LogP contribution in [0.2, 0.25) is 0 Å². The van der Waals surface area contributed by atoms with Gasteiger partial charge in [0.1, 0.15) is 0 Å². The Morgan fingerprint density at radius 3 is 2.67 bits per heavy atom. The van der Waals surface area contributed by atoms with E-state index >= 15 is 0 Å². The van der Waals surface area contributed by atoms with Crippen LogP contribution in [0.25, 0.3) is 0 Å². The summed E-state index contributed by atoms with van der Waals surface area (Å²) in [6.45, 7) is 4.14. The second-order valence-electron chi connectivity index (χ2n) is 3.72. The van der Waals surface area contributed by atoms with Crippen LogP contribution in [-0.2, 0) is 11.2 Å². The van der Waals surface area contributed by atoms with Crippen molar-refractivity contribution < 1.29 is 4.79 Å². The lowest BCUT2D eigenvalue weighted by molar-refractivity contribution is -0.117. The van der Waals surface area contributed by atoms with Gasteiger partial charge in [0.25, 0.3) is 0 Å². The van der Waals surface area contributed by atoms with E-state index in [9.17, 15) is 4.79 Å². The minimum Gasteiger partial charge on any atom is -0.272 e. The van der Waals surface area contributed by atoms with Gasteiger partial charge in [-0.3, -0.25) is 4.79 Å². The highest BCUT2D eigenvalue weighted by atomic mass is 16.1. The van der Waals surface area contributed by atoms with Crippen LogP contribution < -0.4 is 0 Å². The van der Waals surface area contributed by atoms with Crippen molar-refractivity contribution in [1.82, 2.24) is 0 Å². The third-order valence-electron chi connectivity index (χ3n) is 2.32. The molecule has 0 unspecified atom stereocenters. The second kappa shape index (κ2) is 6.12. The molecule has 0 fully saturated rings. The Balaban J connectivity index is 2.47. The zero-order valence-electron chi connectivity index (χ0n) is 9.31. The lowest BCUT2D eigenvalue weighted by Gasteiger charge is -1.99. The van der Waals surface area contributed by atoms with Crippen molar-refractivity contribution in [1.29, 1.82) is 0 Å². The van der Waals surface area contributed by atoms with Crippen molar-refractivity contribution in [3.05, 3.63) is 35.9 Å². The summed E-state index contributed by atoms with van der Waals surface area (Å²) in [7, 11) is 0. The molecule has 0 heterocycles. The van der Waals surface area contributed by atoms with E-state index in [1.54, 1.807) is 6.21 Å². The van der Waals surface area contributed by atoms with Gasteiger partial charge in [-0.15, -0.1) is 0 Å². The predicted octanol–water partition coefficient (Wildman–Crippen LogP) is 2.87. The largest absolute Gasteiger partial charge is 0.272 e. The Morgan fingerprint density at radius 2 is 2.07 bits per heavy atom. The van der Waals surface area contributed by atoms with Crippen LogP contribution in [0.5, 0.6) is 0 Å². The van der Waals surface area contributed by atoms with Crippen molar-refractivity contribution in [2.45, 2.75) is 26.7 Å². The number of benzene rings is 1. The van der Waals surface area contributed by atoms with E-state index in [4.69, 9.17) is 0 Å². The average Bonchev–Trinajstić information content (AvgIpc) is 2.27. The maximum Gasteiger partial charge on any atom is 0.249 e. The van der Waals surface area contributed by atoms with Crippen molar-refractivity contribution in [2.75, 3.05) is 0 Å². The summed E-state index contributed by atoms with van der Waals surface area (Å²) in [5, 5.41) is 0. The number of rotatable bonds is 4. The van der Waals surface area contributed by atoms with Crippen LogP contribution in [0.3, 0.4) is 0 Å². The third kappa shape index (κ3) is 4.54. The van der Waals surface area contributed by atoms with Gasteiger partial charge in [-0.1, -0.05) is 44.2 Å². The Morgan fingerprint density at radius 1 is 1.40 bits per heavy atom. The SMILES string of the molecule is CC[C@H](C)C=NC(=O)Cc1ccccc1. The highest BCUT2D eigenvalue weighted by molar-refractivity contribution is 5.86. The Bertz CT molecular complexity index is 330. The summed E-state index contributed by atoms with van der Waals surface area (Å²) in [5.74, 6) is 0.311. The van der Waals surface area contributed by atoms with Gasteiger partial charge in [0, 0.05) is 6.21 Å². The molecule has 1 atom stereocenters. The van der Waals surface area contributed by atoms with Crippen LogP contribution in [-0.4, -0.2) is 12.1 Å². The first-order chi connectivity index (χ1) is 7.22. The summed E-state index contributed by atoms with van der Waals surface area (Å²) in [4.78, 5) is 15.4. The molecule has 2 nitrogen and oxygen atoms in total. The molecule has 0 aliphatic carbocycles. The third-order valence-corrected chi connectivity index (χ3v) is 2.32. The van der Waals surface area contributed by atoms with Crippen LogP contribution in [0.4, 0.5) is 0 Å². The highest BCUT2D eigenvalue weighted by Gasteiger charge is 2.00. The fourth-order valence-electron chi connectivity index (χ4n) is 1.13. The summed E-state index contributed by atoms with van der Waals surface area (Å²) < 4.78 is 0. The molecule has 15 heavy (non-hydrogen) atoms. The number of hydrogen-bond acceptors (Lipinski definition) is 1. The molecular formula is C13H17NO. The summed E-state index contributed by atoms with van der Waals surface area (Å²) in [5.41, 5.74) is 1.02. The molecule has 0 N–H and O–H groups in total. The fourth-order valence-corrected chi connectivity index (χ4v) is 1.13. The quantitative estimate of drug-likeness (QED) is 0.692. The molecule has 1 rings (SSSR count). The van der Waals surface area contributed by atoms with Gasteiger partial charge in [-0.25, -0.2) is 4.99 Å². The number of amides is 1. The van der Waals surface area contributed by atoms with Crippen LogP contribution in [0.1, 0.15) is 25.8 Å². The van der Waals surface area contributed by atoms with E-state index in [-0.39, 0.29) is 5.91 Å². The van der Waals surface area contributed by atoms with Crippen LogP contribution in [0, 0.1) is 5.92 Å². The summed E-state index contributed by atoms with van der Waals surface area (Å²) >= 11 is 0. The van der Waals surface area contributed by atoms with Gasteiger partial charge in [0.05, 0.1) is 6.42 Å². The standard InChI is InChI=1S/C13H17NO/c1-3-11(2)10-14-13(15)9-12-7-5-4-6-8-12/h4-8,10-11H,3,9H2,1-2H3/t11-/m0/s1. The van der Waals surface area contributed by atoms with Crippen molar-refractivity contribution in [3.8, 4) is 0 Å². The average molecular weight is 203 g/mol. The monoisotopic (exact) mass is 203 g/mol. The molecule has 0 saturated heterocycles. The maximum absolute atomic E-state index is 11.4. The molecule has 0 aromatic heterocycles. The Kier molecular flexibility index (Phi) is 4.75. The summed E-state index contributed by atoms with van der Waals surface area (Å²) in [6.07, 6.45) is 3.15. The first kappa shape index (κ1) is 11.6. The van der Waals surface area contributed by atoms with E-state index in [1.165, 1.54) is 0 Å². The van der Waals surface area contributed by atoms with E-state index in [1.807, 2.05) is 30.3 Å². The van der Waals surface area contributed by atoms with E-state index in [0.717, 1.165) is 12.0 Å². The van der Waals surface area contributed by atoms with Gasteiger partial charge >= 0.3 is 0 Å². The zero-order valence-corrected chi connectivity index (χ0v) is 9.31. The number of hydrogen-bond donors (Lipinski definition) is 0. The topological polar surface area (TPSA) is 29.4 Å². The molecule has 0 saturated carbocycles. The van der Waals surface area contributed by atoms with Crippen molar-refractivity contribution in [3.63, 3.8) is 0 Å². The molecule has 80 valence electrons. The van der Waals surface area contributed by atoms with Crippen molar-refractivity contribution >= 4 is 12.1 Å². The molecule has 0 radical (unpaired) electrons. The normalized spacial score (nSPS) is 12.9. The molecule has 0 spiro atoms. The van der Waals surface area contributed by atoms with Gasteiger partial charge < -0.3 is 0 Å². The number of carbonyl (C=O) groups is 1. The minimum atomic E-state index is -0.0681. The first-order valence-electron chi connectivity index (χ1n) is 5.33. The number of carbonyl (C=O) groups excluding carboxylic acids is 1. The minimum absolute atomic E-state index is 0.0681. The van der Waals surface area contributed by atoms with Gasteiger partial charge in [-0.2, -0.15) is 0 Å². The fraction of sp³-hybridized carbons (Fsp3) is 0.385. The highest BCUT2D eigenvalue weighted by Crippen LogP contribution is 2.01. The molecule has 0 aliphatic heterocycles. The van der Waals surface area contributed by atoms with E-state index in [0.29, 0.717) is 12.3 Å². The first-order valence-corrected chi connectivity index (χ1v) is 5.33. The number of nitrogens with zero attached hydrogens (tertiary/aromatic N) is 1. The second-order valence-corrected chi connectivity index (χ2v) is 3.72. The molecule has 0 bridgehead atoms. The lowest BCUT2D eigenvalue weighted by Crippen LogP contribution is -2.02. The molecule has 2 heteroatoms. The van der Waals surface area contributed by atoms with Gasteiger partial charge in [-0.05, 0) is 17.9 Å². The molecule has 1 aromatic carbocycles. The predicted molar refractivity (Wildman–Crippen MR) is 63.1 cm³/mol. The molecule has 1 aromatic rings. The van der Waals surface area contributed by atoms with Crippen LogP contribution in [0.15, 0.2) is 35.3 Å². The zero-order chi connectivity index (χ0) is 11.1. The Hall–Kier alpha value is -1.44. The van der Waals surface area contributed by atoms with Crippen LogP contribution >= 0.6 is 0 Å². The van der Waals surface area contributed by atoms with Crippen molar-refractivity contribution in [2.24, 2.45) is 10.9 Å². The molecule has 0 aliphatic rings. The molecular weight excluding hydrogens is 186 g/mol. The van der Waals surface area contributed by atoms with E-state index in [2.05, 4.69) is 18.8 Å².